The second-order valence-corrected chi connectivity index (χ2v) is 7.86. The Kier molecular flexibility index (Phi) is 5.04. The summed E-state index contributed by atoms with van der Waals surface area (Å²) in [6.45, 7) is 1.99. The molecule has 0 bridgehead atoms. The number of thiophene rings is 1. The van der Waals surface area contributed by atoms with E-state index >= 15 is 0 Å². The van der Waals surface area contributed by atoms with Crippen LogP contribution in [0.4, 0.5) is 0 Å². The molecular formula is C13H14ClNO3S2. The van der Waals surface area contributed by atoms with E-state index in [1.165, 1.54) is 6.07 Å². The van der Waals surface area contributed by atoms with Crippen molar-refractivity contribution in [1.82, 2.24) is 4.72 Å². The van der Waals surface area contributed by atoms with Crippen LogP contribution in [0.3, 0.4) is 0 Å². The van der Waals surface area contributed by atoms with Crippen LogP contribution in [0.2, 0.25) is 4.34 Å². The average Bonchev–Trinajstić information content (AvgIpc) is 2.85. The quantitative estimate of drug-likeness (QED) is 0.884. The standard InChI is InChI=1S/C13H14ClNO3S2/c1-10(18-11-5-3-2-4-6-11)9-15-20(16,17)13-8-7-12(14)19-13/h2-8,10,15H,9H2,1H3. The monoisotopic (exact) mass is 331 g/mol. The Labute approximate surface area is 127 Å². The van der Waals surface area contributed by atoms with Crippen molar-refractivity contribution in [2.45, 2.75) is 17.2 Å². The minimum atomic E-state index is -3.52. The van der Waals surface area contributed by atoms with E-state index in [1.807, 2.05) is 30.3 Å². The maximum absolute atomic E-state index is 12.0. The molecule has 1 N–H and O–H groups in total. The highest BCUT2D eigenvalue weighted by Gasteiger charge is 2.17. The molecule has 0 amide bonds. The summed E-state index contributed by atoms with van der Waals surface area (Å²) >= 11 is 6.76. The molecule has 4 nitrogen and oxygen atoms in total. The fourth-order valence-electron chi connectivity index (χ4n) is 1.51. The van der Waals surface area contributed by atoms with Gasteiger partial charge in [0, 0.05) is 6.54 Å². The zero-order chi connectivity index (χ0) is 14.6. The van der Waals surface area contributed by atoms with Gasteiger partial charge in [-0.2, -0.15) is 0 Å². The molecule has 0 spiro atoms. The molecule has 0 saturated heterocycles. The lowest BCUT2D eigenvalue weighted by Gasteiger charge is -2.15. The van der Waals surface area contributed by atoms with Crippen LogP contribution in [0, 0.1) is 0 Å². The minimum absolute atomic E-state index is 0.187. The lowest BCUT2D eigenvalue weighted by molar-refractivity contribution is 0.225. The summed E-state index contributed by atoms with van der Waals surface area (Å²) in [5.74, 6) is 0.707. The summed E-state index contributed by atoms with van der Waals surface area (Å²) in [5.41, 5.74) is 0. The zero-order valence-electron chi connectivity index (χ0n) is 10.7. The van der Waals surface area contributed by atoms with Gasteiger partial charge in [0.15, 0.2) is 0 Å². The van der Waals surface area contributed by atoms with Gasteiger partial charge in [0.2, 0.25) is 10.0 Å². The SMILES string of the molecule is CC(CNS(=O)(=O)c1ccc(Cl)s1)Oc1ccccc1. The zero-order valence-corrected chi connectivity index (χ0v) is 13.1. The third-order valence-corrected chi connectivity index (χ3v) is 5.60. The first-order chi connectivity index (χ1) is 9.47. The van der Waals surface area contributed by atoms with Gasteiger partial charge in [-0.15, -0.1) is 11.3 Å². The maximum atomic E-state index is 12.0. The summed E-state index contributed by atoms with van der Waals surface area (Å²) in [6, 6.07) is 12.3. The molecule has 0 fully saturated rings. The van der Waals surface area contributed by atoms with E-state index in [1.54, 1.807) is 13.0 Å². The van der Waals surface area contributed by atoms with E-state index < -0.39 is 10.0 Å². The highest BCUT2D eigenvalue weighted by atomic mass is 35.5. The van der Waals surface area contributed by atoms with Crippen LogP contribution in [0.5, 0.6) is 5.75 Å². The molecule has 0 aliphatic rings. The first-order valence-electron chi connectivity index (χ1n) is 5.94. The number of benzene rings is 1. The Morgan fingerprint density at radius 1 is 1.25 bits per heavy atom. The largest absolute Gasteiger partial charge is 0.489 e. The summed E-state index contributed by atoms with van der Waals surface area (Å²) in [5, 5.41) is 0. The molecule has 0 radical (unpaired) electrons. The number of rotatable bonds is 6. The van der Waals surface area contributed by atoms with Crippen molar-refractivity contribution in [1.29, 1.82) is 0 Å². The molecule has 2 rings (SSSR count). The van der Waals surface area contributed by atoms with Crippen LogP contribution >= 0.6 is 22.9 Å². The Balaban J connectivity index is 1.91. The molecule has 1 atom stereocenters. The average molecular weight is 332 g/mol. The summed E-state index contributed by atoms with van der Waals surface area (Å²) in [7, 11) is -3.52. The van der Waals surface area contributed by atoms with Gasteiger partial charge in [-0.1, -0.05) is 29.8 Å². The van der Waals surface area contributed by atoms with Crippen molar-refractivity contribution in [3.05, 3.63) is 46.8 Å². The normalized spacial score (nSPS) is 13.1. The van der Waals surface area contributed by atoms with Crippen molar-refractivity contribution in [3.8, 4) is 5.75 Å². The number of halogens is 1. The van der Waals surface area contributed by atoms with E-state index in [4.69, 9.17) is 16.3 Å². The second kappa shape index (κ2) is 6.58. The topological polar surface area (TPSA) is 55.4 Å². The van der Waals surface area contributed by atoms with Crippen LogP contribution in [-0.2, 0) is 10.0 Å². The number of nitrogens with one attached hydrogen (secondary N) is 1. The summed E-state index contributed by atoms with van der Waals surface area (Å²) in [6.07, 6.45) is -0.275. The van der Waals surface area contributed by atoms with Crippen LogP contribution < -0.4 is 9.46 Å². The molecule has 2 aromatic rings. The molecule has 20 heavy (non-hydrogen) atoms. The van der Waals surface area contributed by atoms with Crippen LogP contribution in [0.1, 0.15) is 6.92 Å². The van der Waals surface area contributed by atoms with E-state index in [2.05, 4.69) is 4.72 Å². The van der Waals surface area contributed by atoms with Gasteiger partial charge in [-0.05, 0) is 31.2 Å². The number of sulfonamides is 1. The minimum Gasteiger partial charge on any atom is -0.489 e. The van der Waals surface area contributed by atoms with Crippen molar-refractivity contribution >= 4 is 33.0 Å². The highest BCUT2D eigenvalue weighted by molar-refractivity contribution is 7.91. The maximum Gasteiger partial charge on any atom is 0.250 e. The van der Waals surface area contributed by atoms with Gasteiger partial charge in [0.1, 0.15) is 16.1 Å². The van der Waals surface area contributed by atoms with Crippen molar-refractivity contribution in [2.24, 2.45) is 0 Å². The smallest absolute Gasteiger partial charge is 0.250 e. The van der Waals surface area contributed by atoms with Crippen LogP contribution in [0.15, 0.2) is 46.7 Å². The third-order valence-electron chi connectivity index (χ3n) is 2.45. The number of hydrogen-bond donors (Lipinski definition) is 1. The van der Waals surface area contributed by atoms with Crippen molar-refractivity contribution < 1.29 is 13.2 Å². The van der Waals surface area contributed by atoms with E-state index in [-0.39, 0.29) is 16.9 Å². The van der Waals surface area contributed by atoms with Crippen LogP contribution in [0.25, 0.3) is 0 Å². The lowest BCUT2D eigenvalue weighted by atomic mass is 10.3. The number of para-hydroxylation sites is 1. The molecule has 1 aromatic carbocycles. The van der Waals surface area contributed by atoms with Crippen LogP contribution in [-0.4, -0.2) is 21.1 Å². The molecule has 1 aromatic heterocycles. The lowest BCUT2D eigenvalue weighted by Crippen LogP contribution is -2.33. The van der Waals surface area contributed by atoms with Gasteiger partial charge in [0.25, 0.3) is 0 Å². The molecule has 0 saturated carbocycles. The highest BCUT2D eigenvalue weighted by Crippen LogP contribution is 2.25. The fourth-order valence-corrected chi connectivity index (χ4v) is 4.16. The fraction of sp³-hybridized carbons (Fsp3) is 0.231. The molecular weight excluding hydrogens is 318 g/mol. The van der Waals surface area contributed by atoms with E-state index in [0.29, 0.717) is 10.1 Å². The van der Waals surface area contributed by atoms with Gasteiger partial charge in [0.05, 0.1) is 4.34 Å². The Morgan fingerprint density at radius 2 is 1.95 bits per heavy atom. The Bertz CT molecular complexity index is 655. The predicted octanol–water partition coefficient (Wildman–Crippen LogP) is 3.15. The molecule has 0 aliphatic heterocycles. The summed E-state index contributed by atoms with van der Waals surface area (Å²) in [4.78, 5) is 0. The van der Waals surface area contributed by atoms with Gasteiger partial charge >= 0.3 is 0 Å². The molecule has 108 valence electrons. The van der Waals surface area contributed by atoms with E-state index in [9.17, 15) is 8.42 Å². The summed E-state index contributed by atoms with van der Waals surface area (Å²) < 4.78 is 32.7. The van der Waals surface area contributed by atoms with Gasteiger partial charge in [-0.3, -0.25) is 0 Å². The molecule has 1 unspecified atom stereocenters. The first-order valence-corrected chi connectivity index (χ1v) is 8.62. The second-order valence-electron chi connectivity index (χ2n) is 4.15. The number of ether oxygens (including phenoxy) is 1. The van der Waals surface area contributed by atoms with Crippen molar-refractivity contribution in [2.75, 3.05) is 6.54 Å². The predicted molar refractivity (Wildman–Crippen MR) is 81.0 cm³/mol. The molecule has 1 heterocycles. The Morgan fingerprint density at radius 3 is 2.55 bits per heavy atom. The van der Waals surface area contributed by atoms with E-state index in [0.717, 1.165) is 11.3 Å². The third kappa shape index (κ3) is 4.21. The first kappa shape index (κ1) is 15.3. The number of hydrogen-bond acceptors (Lipinski definition) is 4. The van der Waals surface area contributed by atoms with Gasteiger partial charge < -0.3 is 4.74 Å². The van der Waals surface area contributed by atoms with Gasteiger partial charge in [-0.25, -0.2) is 13.1 Å². The molecule has 7 heteroatoms. The molecule has 0 aliphatic carbocycles. The van der Waals surface area contributed by atoms with Crippen molar-refractivity contribution in [3.63, 3.8) is 0 Å². The Hall–Kier alpha value is -1.08.